The fraction of sp³-hybridized carbons (Fsp3) is 0.333. The summed E-state index contributed by atoms with van der Waals surface area (Å²) in [6.45, 7) is 4.42. The average molecular weight is 475 g/mol. The summed E-state index contributed by atoms with van der Waals surface area (Å²) in [5, 5.41) is 0. The second-order valence-electron chi connectivity index (χ2n) is 8.37. The number of fused-ring (bicyclic) bond motifs is 1. The van der Waals surface area contributed by atoms with Crippen molar-refractivity contribution in [3.8, 4) is 0 Å². The van der Waals surface area contributed by atoms with Crippen LogP contribution >= 0.6 is 0 Å². The quantitative estimate of drug-likeness (QED) is 0.402. The van der Waals surface area contributed by atoms with Crippen molar-refractivity contribution >= 4 is 23.0 Å². The zero-order chi connectivity index (χ0) is 24.4. The maximum atomic E-state index is 13.4. The minimum absolute atomic E-state index is 0.251. The molecule has 0 spiro atoms. The highest BCUT2D eigenvalue weighted by atomic mass is 16.2. The van der Waals surface area contributed by atoms with Crippen LogP contribution in [0.1, 0.15) is 12.5 Å². The van der Waals surface area contributed by atoms with Gasteiger partial charge >= 0.3 is 5.69 Å². The summed E-state index contributed by atoms with van der Waals surface area (Å²) in [7, 11) is 0. The normalized spacial score (nSPS) is 14.0. The van der Waals surface area contributed by atoms with Gasteiger partial charge in [-0.25, -0.2) is 24.3 Å². The van der Waals surface area contributed by atoms with E-state index in [1.807, 2.05) is 42.2 Å². The van der Waals surface area contributed by atoms with Gasteiger partial charge in [0.1, 0.15) is 6.54 Å². The molecule has 0 N–H and O–H groups in total. The number of nitrogens with zero attached hydrogens (tertiary/aromatic N) is 8. The number of rotatable bonds is 6. The molecule has 5 rings (SSSR count). The molecule has 4 heterocycles. The SMILES string of the molecule is CCn1cnc2c1c(=O)n(CC(=O)N1CCN(c3ncccn3)CC1)c(=O)n2Cc1ccccc1. The van der Waals surface area contributed by atoms with Gasteiger partial charge in [-0.3, -0.25) is 14.2 Å². The fourth-order valence-corrected chi connectivity index (χ4v) is 4.37. The summed E-state index contributed by atoms with van der Waals surface area (Å²) >= 11 is 0. The van der Waals surface area contributed by atoms with Gasteiger partial charge in [0.15, 0.2) is 11.2 Å². The molecule has 11 heteroatoms. The predicted octanol–water partition coefficient (Wildman–Crippen LogP) is 0.567. The van der Waals surface area contributed by atoms with Crippen LogP contribution in [0, 0.1) is 0 Å². The maximum absolute atomic E-state index is 13.4. The number of piperazine rings is 1. The third-order valence-corrected chi connectivity index (χ3v) is 6.27. The lowest BCUT2D eigenvalue weighted by molar-refractivity contribution is -0.132. The topological polar surface area (TPSA) is 111 Å². The summed E-state index contributed by atoms with van der Waals surface area (Å²) in [4.78, 5) is 56.5. The molecule has 0 aliphatic carbocycles. The number of aromatic nitrogens is 6. The molecule has 0 saturated carbocycles. The summed E-state index contributed by atoms with van der Waals surface area (Å²) in [5.41, 5.74) is 0.501. The van der Waals surface area contributed by atoms with E-state index in [4.69, 9.17) is 0 Å². The van der Waals surface area contributed by atoms with E-state index in [2.05, 4.69) is 15.0 Å². The number of aryl methyl sites for hydroxylation is 1. The molecule has 0 unspecified atom stereocenters. The highest BCUT2D eigenvalue weighted by Crippen LogP contribution is 2.12. The van der Waals surface area contributed by atoms with Crippen molar-refractivity contribution in [1.29, 1.82) is 0 Å². The van der Waals surface area contributed by atoms with E-state index in [1.54, 1.807) is 34.3 Å². The van der Waals surface area contributed by atoms with E-state index >= 15 is 0 Å². The fourth-order valence-electron chi connectivity index (χ4n) is 4.37. The Balaban J connectivity index is 1.43. The second kappa shape index (κ2) is 9.53. The smallest absolute Gasteiger partial charge is 0.333 e. The van der Waals surface area contributed by atoms with Crippen molar-refractivity contribution in [2.45, 2.75) is 26.6 Å². The van der Waals surface area contributed by atoms with Gasteiger partial charge < -0.3 is 14.4 Å². The zero-order valence-corrected chi connectivity index (χ0v) is 19.4. The first kappa shape index (κ1) is 22.5. The van der Waals surface area contributed by atoms with E-state index in [-0.39, 0.29) is 19.0 Å². The van der Waals surface area contributed by atoms with Crippen LogP contribution in [0.3, 0.4) is 0 Å². The van der Waals surface area contributed by atoms with Crippen molar-refractivity contribution in [2.75, 3.05) is 31.1 Å². The van der Waals surface area contributed by atoms with Gasteiger partial charge in [-0.15, -0.1) is 0 Å². The van der Waals surface area contributed by atoms with Crippen LogP contribution in [0.25, 0.3) is 11.2 Å². The molecule has 35 heavy (non-hydrogen) atoms. The Morgan fingerprint density at radius 1 is 0.914 bits per heavy atom. The molecule has 1 aromatic carbocycles. The monoisotopic (exact) mass is 474 g/mol. The number of imidazole rings is 1. The van der Waals surface area contributed by atoms with E-state index in [0.717, 1.165) is 10.1 Å². The lowest BCUT2D eigenvalue weighted by Gasteiger charge is -2.34. The highest BCUT2D eigenvalue weighted by molar-refractivity contribution is 5.77. The molecule has 0 radical (unpaired) electrons. The number of anilines is 1. The van der Waals surface area contributed by atoms with Crippen LogP contribution < -0.4 is 16.1 Å². The Morgan fingerprint density at radius 2 is 1.63 bits per heavy atom. The summed E-state index contributed by atoms with van der Waals surface area (Å²) < 4.78 is 4.21. The Labute approximate surface area is 200 Å². The molecule has 180 valence electrons. The number of hydrogen-bond donors (Lipinski definition) is 0. The number of hydrogen-bond acceptors (Lipinski definition) is 7. The van der Waals surface area contributed by atoms with Gasteiger partial charge in [-0.05, 0) is 18.6 Å². The molecule has 1 aliphatic heterocycles. The Bertz CT molecular complexity index is 1450. The Kier molecular flexibility index (Phi) is 6.13. The maximum Gasteiger partial charge on any atom is 0.333 e. The molecule has 1 saturated heterocycles. The third kappa shape index (κ3) is 4.32. The van der Waals surface area contributed by atoms with Crippen LogP contribution in [0.5, 0.6) is 0 Å². The molecule has 1 amide bonds. The number of amides is 1. The lowest BCUT2D eigenvalue weighted by Crippen LogP contribution is -2.52. The molecule has 11 nitrogen and oxygen atoms in total. The van der Waals surface area contributed by atoms with E-state index in [9.17, 15) is 14.4 Å². The van der Waals surface area contributed by atoms with Crippen molar-refractivity contribution in [3.05, 3.63) is 81.5 Å². The summed E-state index contributed by atoms with van der Waals surface area (Å²) in [6, 6.07) is 11.3. The van der Waals surface area contributed by atoms with E-state index in [0.29, 0.717) is 49.8 Å². The van der Waals surface area contributed by atoms with Gasteiger partial charge in [0, 0.05) is 45.1 Å². The van der Waals surface area contributed by atoms with Crippen molar-refractivity contribution in [3.63, 3.8) is 0 Å². The van der Waals surface area contributed by atoms with Crippen molar-refractivity contribution in [2.24, 2.45) is 0 Å². The van der Waals surface area contributed by atoms with Crippen LogP contribution in [0.2, 0.25) is 0 Å². The van der Waals surface area contributed by atoms with Crippen molar-refractivity contribution in [1.82, 2.24) is 33.6 Å². The lowest BCUT2D eigenvalue weighted by atomic mass is 10.2. The first-order valence-corrected chi connectivity index (χ1v) is 11.6. The molecule has 4 aromatic rings. The molecule has 0 bridgehead atoms. The van der Waals surface area contributed by atoms with Crippen LogP contribution in [-0.4, -0.2) is 65.6 Å². The Hall–Kier alpha value is -4.28. The van der Waals surface area contributed by atoms with Gasteiger partial charge in [-0.2, -0.15) is 0 Å². The average Bonchev–Trinajstić information content (AvgIpc) is 3.34. The molecular formula is C24H26N8O3. The zero-order valence-electron chi connectivity index (χ0n) is 19.4. The Morgan fingerprint density at radius 3 is 2.31 bits per heavy atom. The van der Waals surface area contributed by atoms with Gasteiger partial charge in [-0.1, -0.05) is 30.3 Å². The first-order chi connectivity index (χ1) is 17.1. The van der Waals surface area contributed by atoms with Gasteiger partial charge in [0.05, 0.1) is 12.9 Å². The summed E-state index contributed by atoms with van der Waals surface area (Å²) in [6.07, 6.45) is 4.93. The van der Waals surface area contributed by atoms with E-state index < -0.39 is 11.2 Å². The first-order valence-electron chi connectivity index (χ1n) is 11.6. The van der Waals surface area contributed by atoms with E-state index in [1.165, 1.54) is 4.57 Å². The van der Waals surface area contributed by atoms with Crippen LogP contribution in [0.15, 0.2) is 64.7 Å². The van der Waals surface area contributed by atoms with Crippen molar-refractivity contribution < 1.29 is 4.79 Å². The minimum atomic E-state index is -0.544. The molecule has 3 aromatic heterocycles. The van der Waals surface area contributed by atoms with Gasteiger partial charge in [0.25, 0.3) is 5.56 Å². The second-order valence-corrected chi connectivity index (χ2v) is 8.37. The molecule has 1 fully saturated rings. The molecule has 0 atom stereocenters. The number of carbonyl (C=O) groups is 1. The predicted molar refractivity (Wildman–Crippen MR) is 130 cm³/mol. The summed E-state index contributed by atoms with van der Waals surface area (Å²) in [5.74, 6) is 0.351. The third-order valence-electron chi connectivity index (χ3n) is 6.27. The largest absolute Gasteiger partial charge is 0.338 e. The number of benzene rings is 1. The molecular weight excluding hydrogens is 448 g/mol. The standard InChI is InChI=1S/C24H26N8O3/c1-2-28-17-27-21-20(28)22(34)32(24(35)31(21)15-18-7-4-3-5-8-18)16-19(33)29-11-13-30(14-12-29)23-25-9-6-10-26-23/h3-10,17H,2,11-16H2,1H3. The molecule has 1 aliphatic rings. The number of carbonyl (C=O) groups excluding carboxylic acids is 1. The van der Waals surface area contributed by atoms with Crippen LogP contribution in [-0.2, 0) is 24.4 Å². The minimum Gasteiger partial charge on any atom is -0.338 e. The van der Waals surface area contributed by atoms with Gasteiger partial charge in [0.2, 0.25) is 11.9 Å². The highest BCUT2D eigenvalue weighted by Gasteiger charge is 2.25. The van der Waals surface area contributed by atoms with Crippen LogP contribution in [0.4, 0.5) is 5.95 Å².